The number of nitrogens with one attached hydrogen (secondary N) is 2. The molecule has 0 bridgehead atoms. The summed E-state index contributed by atoms with van der Waals surface area (Å²) in [5.41, 5.74) is 0. The van der Waals surface area contributed by atoms with E-state index < -0.39 is 10.2 Å². The van der Waals surface area contributed by atoms with E-state index in [4.69, 9.17) is 0 Å². The Morgan fingerprint density at radius 2 is 1.88 bits per heavy atom. The van der Waals surface area contributed by atoms with Crippen molar-refractivity contribution < 1.29 is 8.42 Å². The molecule has 104 valence electrons. The molecule has 0 aromatic heterocycles. The SMILES string of the molecule is CCCNCCCN(C)S(=O)(=O)NCC(C)C. The minimum Gasteiger partial charge on any atom is -0.317 e. The molecule has 0 aromatic carbocycles. The lowest BCUT2D eigenvalue weighted by Gasteiger charge is -2.18. The van der Waals surface area contributed by atoms with Gasteiger partial charge in [-0.3, -0.25) is 0 Å². The van der Waals surface area contributed by atoms with Gasteiger partial charge in [-0.25, -0.2) is 4.72 Å². The molecular formula is C11H27N3O2S. The predicted molar refractivity (Wildman–Crippen MR) is 72.2 cm³/mol. The van der Waals surface area contributed by atoms with Crippen LogP contribution in [-0.4, -0.2) is 45.9 Å². The summed E-state index contributed by atoms with van der Waals surface area (Å²) in [6.45, 7) is 8.96. The first kappa shape index (κ1) is 16.8. The average Bonchev–Trinajstić information content (AvgIpc) is 2.26. The molecule has 0 aliphatic heterocycles. The van der Waals surface area contributed by atoms with Crippen molar-refractivity contribution in [3.8, 4) is 0 Å². The molecule has 0 radical (unpaired) electrons. The van der Waals surface area contributed by atoms with Gasteiger partial charge in [0.15, 0.2) is 0 Å². The summed E-state index contributed by atoms with van der Waals surface area (Å²) in [7, 11) is -1.68. The third kappa shape index (κ3) is 8.54. The Balaban J connectivity index is 3.83. The van der Waals surface area contributed by atoms with E-state index in [1.165, 1.54) is 4.31 Å². The molecule has 0 saturated carbocycles. The maximum Gasteiger partial charge on any atom is 0.279 e. The largest absolute Gasteiger partial charge is 0.317 e. The van der Waals surface area contributed by atoms with Gasteiger partial charge in [0, 0.05) is 20.1 Å². The Kier molecular flexibility index (Phi) is 8.77. The summed E-state index contributed by atoms with van der Waals surface area (Å²) in [5, 5.41) is 3.25. The lowest BCUT2D eigenvalue weighted by Crippen LogP contribution is -2.40. The van der Waals surface area contributed by atoms with E-state index in [2.05, 4.69) is 17.0 Å². The fourth-order valence-electron chi connectivity index (χ4n) is 1.23. The van der Waals surface area contributed by atoms with Crippen LogP contribution in [0.3, 0.4) is 0 Å². The molecule has 0 aromatic rings. The number of nitrogens with zero attached hydrogens (tertiary/aromatic N) is 1. The number of hydrogen-bond donors (Lipinski definition) is 2. The topological polar surface area (TPSA) is 61.4 Å². The molecule has 0 fully saturated rings. The van der Waals surface area contributed by atoms with Gasteiger partial charge in [-0.2, -0.15) is 12.7 Å². The van der Waals surface area contributed by atoms with Crippen molar-refractivity contribution in [1.82, 2.24) is 14.3 Å². The summed E-state index contributed by atoms with van der Waals surface area (Å²) in [5.74, 6) is 0.324. The molecule has 0 unspecified atom stereocenters. The summed E-state index contributed by atoms with van der Waals surface area (Å²) in [4.78, 5) is 0. The van der Waals surface area contributed by atoms with Gasteiger partial charge >= 0.3 is 0 Å². The molecular weight excluding hydrogens is 238 g/mol. The van der Waals surface area contributed by atoms with Crippen molar-refractivity contribution in [2.75, 3.05) is 33.2 Å². The van der Waals surface area contributed by atoms with Crippen LogP contribution >= 0.6 is 0 Å². The molecule has 0 amide bonds. The van der Waals surface area contributed by atoms with Gasteiger partial charge in [0.2, 0.25) is 0 Å². The van der Waals surface area contributed by atoms with Crippen LogP contribution in [0.4, 0.5) is 0 Å². The zero-order chi connectivity index (χ0) is 13.3. The van der Waals surface area contributed by atoms with Crippen molar-refractivity contribution in [2.45, 2.75) is 33.6 Å². The van der Waals surface area contributed by atoms with Crippen LogP contribution < -0.4 is 10.0 Å². The average molecular weight is 265 g/mol. The van der Waals surface area contributed by atoms with E-state index in [1.807, 2.05) is 13.8 Å². The molecule has 0 aliphatic rings. The molecule has 0 spiro atoms. The first-order chi connectivity index (χ1) is 7.90. The lowest BCUT2D eigenvalue weighted by molar-refractivity contribution is 0.440. The Morgan fingerprint density at radius 3 is 2.41 bits per heavy atom. The molecule has 2 N–H and O–H groups in total. The first-order valence-corrected chi connectivity index (χ1v) is 7.75. The van der Waals surface area contributed by atoms with E-state index >= 15 is 0 Å². The Bertz CT molecular complexity index is 278. The smallest absolute Gasteiger partial charge is 0.279 e. The minimum absolute atomic E-state index is 0.324. The molecule has 5 nitrogen and oxygen atoms in total. The zero-order valence-corrected chi connectivity index (χ0v) is 12.3. The Labute approximate surface area is 106 Å². The molecule has 17 heavy (non-hydrogen) atoms. The molecule has 0 heterocycles. The predicted octanol–water partition coefficient (Wildman–Crippen LogP) is 0.798. The fraction of sp³-hybridized carbons (Fsp3) is 1.00. The van der Waals surface area contributed by atoms with Gasteiger partial charge in [0.25, 0.3) is 10.2 Å². The van der Waals surface area contributed by atoms with E-state index in [0.29, 0.717) is 19.0 Å². The van der Waals surface area contributed by atoms with Crippen LogP contribution in [0.2, 0.25) is 0 Å². The quantitative estimate of drug-likeness (QED) is 0.574. The van der Waals surface area contributed by atoms with Crippen molar-refractivity contribution in [1.29, 1.82) is 0 Å². The van der Waals surface area contributed by atoms with Crippen molar-refractivity contribution in [3.05, 3.63) is 0 Å². The van der Waals surface area contributed by atoms with E-state index in [1.54, 1.807) is 7.05 Å². The molecule has 0 aliphatic carbocycles. The summed E-state index contributed by atoms with van der Waals surface area (Å²) in [6, 6.07) is 0. The lowest BCUT2D eigenvalue weighted by atomic mass is 10.2. The van der Waals surface area contributed by atoms with Crippen molar-refractivity contribution in [2.24, 2.45) is 5.92 Å². The highest BCUT2D eigenvalue weighted by molar-refractivity contribution is 7.87. The standard InChI is InChI=1S/C11H27N3O2S/c1-5-7-12-8-6-9-14(4)17(15,16)13-10-11(2)3/h11-13H,5-10H2,1-4H3. The summed E-state index contributed by atoms with van der Waals surface area (Å²) in [6.07, 6.45) is 1.93. The second kappa shape index (κ2) is 8.85. The van der Waals surface area contributed by atoms with Crippen LogP contribution in [0.1, 0.15) is 33.6 Å². The second-order valence-corrected chi connectivity index (χ2v) is 6.53. The normalized spacial score (nSPS) is 12.6. The van der Waals surface area contributed by atoms with Crippen LogP contribution in [0.15, 0.2) is 0 Å². The fourth-order valence-corrected chi connectivity index (χ4v) is 2.36. The third-order valence-electron chi connectivity index (χ3n) is 2.34. The maximum atomic E-state index is 11.7. The van der Waals surface area contributed by atoms with E-state index in [-0.39, 0.29) is 0 Å². The molecule has 0 rings (SSSR count). The summed E-state index contributed by atoms with van der Waals surface area (Å²) < 4.78 is 27.5. The Hall–Kier alpha value is -0.170. The van der Waals surface area contributed by atoms with Gasteiger partial charge in [0.1, 0.15) is 0 Å². The van der Waals surface area contributed by atoms with Gasteiger partial charge < -0.3 is 5.32 Å². The van der Waals surface area contributed by atoms with Crippen molar-refractivity contribution >= 4 is 10.2 Å². The van der Waals surface area contributed by atoms with Gasteiger partial charge in [-0.05, 0) is 31.8 Å². The number of hydrogen-bond acceptors (Lipinski definition) is 3. The first-order valence-electron chi connectivity index (χ1n) is 6.31. The van der Waals surface area contributed by atoms with Crippen molar-refractivity contribution in [3.63, 3.8) is 0 Å². The molecule has 6 heteroatoms. The monoisotopic (exact) mass is 265 g/mol. The highest BCUT2D eigenvalue weighted by atomic mass is 32.2. The van der Waals surface area contributed by atoms with Gasteiger partial charge in [-0.1, -0.05) is 20.8 Å². The number of rotatable bonds is 10. The van der Waals surface area contributed by atoms with E-state index in [0.717, 1.165) is 25.9 Å². The highest BCUT2D eigenvalue weighted by Gasteiger charge is 2.16. The van der Waals surface area contributed by atoms with E-state index in [9.17, 15) is 8.42 Å². The van der Waals surface area contributed by atoms with Gasteiger partial charge in [-0.15, -0.1) is 0 Å². The highest BCUT2D eigenvalue weighted by Crippen LogP contribution is 1.97. The molecule has 0 saturated heterocycles. The summed E-state index contributed by atoms with van der Waals surface area (Å²) >= 11 is 0. The van der Waals surface area contributed by atoms with Crippen LogP contribution in [0.25, 0.3) is 0 Å². The van der Waals surface area contributed by atoms with Crippen LogP contribution in [0, 0.1) is 5.92 Å². The van der Waals surface area contributed by atoms with Crippen LogP contribution in [0.5, 0.6) is 0 Å². The minimum atomic E-state index is -3.29. The second-order valence-electron chi connectivity index (χ2n) is 4.67. The third-order valence-corrected chi connectivity index (χ3v) is 3.87. The van der Waals surface area contributed by atoms with Crippen LogP contribution in [-0.2, 0) is 10.2 Å². The maximum absolute atomic E-state index is 11.7. The Morgan fingerprint density at radius 1 is 1.24 bits per heavy atom. The molecule has 0 atom stereocenters. The van der Waals surface area contributed by atoms with Gasteiger partial charge in [0.05, 0.1) is 0 Å². The zero-order valence-electron chi connectivity index (χ0n) is 11.5.